The molecule has 0 unspecified atom stereocenters. The second kappa shape index (κ2) is 9.95. The van der Waals surface area contributed by atoms with Crippen LogP contribution in [-0.4, -0.2) is 29.0 Å². The first-order valence-electron chi connectivity index (χ1n) is 11.8. The molecular formula is C29H24ClN3O4. The van der Waals surface area contributed by atoms with E-state index in [9.17, 15) is 14.4 Å². The van der Waals surface area contributed by atoms with Gasteiger partial charge in [-0.15, -0.1) is 0 Å². The molecule has 1 aliphatic heterocycles. The number of aryl methyl sites for hydroxylation is 2. The van der Waals surface area contributed by atoms with Crippen molar-refractivity contribution in [1.82, 2.24) is 9.88 Å². The van der Waals surface area contributed by atoms with Crippen LogP contribution in [0.3, 0.4) is 0 Å². The number of aromatic nitrogens is 1. The first kappa shape index (κ1) is 24.3. The minimum Gasteiger partial charge on any atom is -0.491 e. The molecule has 1 saturated heterocycles. The number of barbiturate groups is 1. The number of nitrogens with zero attached hydrogens (tertiary/aromatic N) is 2. The Labute approximate surface area is 218 Å². The lowest BCUT2D eigenvalue weighted by molar-refractivity contribution is -0.122. The molecule has 186 valence electrons. The van der Waals surface area contributed by atoms with E-state index in [1.54, 1.807) is 24.3 Å². The first-order chi connectivity index (χ1) is 17.8. The van der Waals surface area contributed by atoms with E-state index < -0.39 is 17.8 Å². The number of hydrogen-bond acceptors (Lipinski definition) is 4. The molecule has 3 aromatic carbocycles. The van der Waals surface area contributed by atoms with Crippen molar-refractivity contribution in [3.63, 3.8) is 0 Å². The van der Waals surface area contributed by atoms with Gasteiger partial charge in [0.2, 0.25) is 0 Å². The predicted molar refractivity (Wildman–Crippen MR) is 144 cm³/mol. The van der Waals surface area contributed by atoms with Gasteiger partial charge in [0.15, 0.2) is 0 Å². The largest absolute Gasteiger partial charge is 0.491 e. The summed E-state index contributed by atoms with van der Waals surface area (Å²) in [6.07, 6.45) is 3.41. The van der Waals surface area contributed by atoms with Gasteiger partial charge in [0, 0.05) is 27.7 Å². The minimum atomic E-state index is -0.805. The third-order valence-electron chi connectivity index (χ3n) is 6.24. The summed E-state index contributed by atoms with van der Waals surface area (Å²) in [5.41, 5.74) is 4.00. The number of carbonyl (C=O) groups excluding carboxylic acids is 3. The molecule has 7 nitrogen and oxygen atoms in total. The predicted octanol–water partition coefficient (Wildman–Crippen LogP) is 5.66. The standard InChI is InChI=1S/C29H24ClN3O4/c1-18-7-8-19(2)26(15-18)37-14-13-32-17-20(23-5-3-4-6-25(23)32)16-24-27(34)31-29(36)33(28(24)35)22-11-9-21(30)10-12-22/h3-12,15-17H,13-14H2,1-2H3,(H,31,34,36). The maximum atomic E-state index is 13.3. The summed E-state index contributed by atoms with van der Waals surface area (Å²) in [7, 11) is 0. The zero-order chi connectivity index (χ0) is 26.1. The summed E-state index contributed by atoms with van der Waals surface area (Å²) in [4.78, 5) is 39.4. The molecular weight excluding hydrogens is 490 g/mol. The summed E-state index contributed by atoms with van der Waals surface area (Å²) >= 11 is 5.95. The number of benzene rings is 3. The average Bonchev–Trinajstić information content (AvgIpc) is 3.22. The van der Waals surface area contributed by atoms with Crippen LogP contribution in [0.15, 0.2) is 78.5 Å². The molecule has 37 heavy (non-hydrogen) atoms. The van der Waals surface area contributed by atoms with Crippen LogP contribution in [0.4, 0.5) is 10.5 Å². The van der Waals surface area contributed by atoms with Gasteiger partial charge in [0.1, 0.15) is 17.9 Å². The zero-order valence-corrected chi connectivity index (χ0v) is 21.1. The molecule has 4 aromatic rings. The molecule has 5 rings (SSSR count). The fraction of sp³-hybridized carbons (Fsp3) is 0.138. The molecule has 0 radical (unpaired) electrons. The highest BCUT2D eigenvalue weighted by Crippen LogP contribution is 2.27. The normalized spacial score (nSPS) is 14.9. The summed E-state index contributed by atoms with van der Waals surface area (Å²) in [6, 6.07) is 19.3. The molecule has 0 saturated carbocycles. The number of anilines is 1. The Balaban J connectivity index is 1.45. The van der Waals surface area contributed by atoms with Gasteiger partial charge in [-0.05, 0) is 67.4 Å². The van der Waals surface area contributed by atoms with Crippen molar-refractivity contribution in [3.05, 3.63) is 100 Å². The van der Waals surface area contributed by atoms with Gasteiger partial charge < -0.3 is 9.30 Å². The van der Waals surface area contributed by atoms with Gasteiger partial charge in [-0.3, -0.25) is 14.9 Å². The third-order valence-corrected chi connectivity index (χ3v) is 6.49. The van der Waals surface area contributed by atoms with Crippen LogP contribution in [0, 0.1) is 13.8 Å². The highest BCUT2D eigenvalue weighted by atomic mass is 35.5. The van der Waals surface area contributed by atoms with Crippen LogP contribution in [0.25, 0.3) is 17.0 Å². The maximum Gasteiger partial charge on any atom is 0.335 e. The highest BCUT2D eigenvalue weighted by Gasteiger charge is 2.37. The van der Waals surface area contributed by atoms with E-state index in [2.05, 4.69) is 5.32 Å². The summed E-state index contributed by atoms with van der Waals surface area (Å²) in [6.45, 7) is 5.04. The monoisotopic (exact) mass is 513 g/mol. The van der Waals surface area contributed by atoms with Gasteiger partial charge in [0.25, 0.3) is 11.8 Å². The van der Waals surface area contributed by atoms with E-state index >= 15 is 0 Å². The van der Waals surface area contributed by atoms with Crippen molar-refractivity contribution in [2.45, 2.75) is 20.4 Å². The lowest BCUT2D eigenvalue weighted by Gasteiger charge is -2.26. The van der Waals surface area contributed by atoms with Gasteiger partial charge >= 0.3 is 6.03 Å². The Morgan fingerprint density at radius 2 is 1.73 bits per heavy atom. The Morgan fingerprint density at radius 3 is 2.51 bits per heavy atom. The third kappa shape index (κ3) is 4.86. The molecule has 0 bridgehead atoms. The Kier molecular flexibility index (Phi) is 6.54. The van der Waals surface area contributed by atoms with E-state index in [-0.39, 0.29) is 5.57 Å². The quantitative estimate of drug-likeness (QED) is 0.266. The van der Waals surface area contributed by atoms with Gasteiger partial charge in [-0.2, -0.15) is 0 Å². The molecule has 0 spiro atoms. The van der Waals surface area contributed by atoms with Gasteiger partial charge in [0.05, 0.1) is 12.2 Å². The number of amides is 4. The highest BCUT2D eigenvalue weighted by molar-refractivity contribution is 6.39. The fourth-order valence-corrected chi connectivity index (χ4v) is 4.46. The molecule has 1 N–H and O–H groups in total. The lowest BCUT2D eigenvalue weighted by Crippen LogP contribution is -2.54. The van der Waals surface area contributed by atoms with Crippen molar-refractivity contribution in [1.29, 1.82) is 0 Å². The molecule has 1 fully saturated rings. The first-order valence-corrected chi connectivity index (χ1v) is 12.1. The molecule has 8 heteroatoms. The van der Waals surface area contributed by atoms with Crippen molar-refractivity contribution < 1.29 is 19.1 Å². The van der Waals surface area contributed by atoms with Crippen LogP contribution < -0.4 is 15.0 Å². The SMILES string of the molecule is Cc1ccc(C)c(OCCn2cc(C=C3C(=O)NC(=O)N(c4ccc(Cl)cc4)C3=O)c3ccccc32)c1. The number of hydrogen-bond donors (Lipinski definition) is 1. The van der Waals surface area contributed by atoms with E-state index in [0.29, 0.717) is 29.4 Å². The summed E-state index contributed by atoms with van der Waals surface area (Å²) in [5, 5.41) is 3.60. The van der Waals surface area contributed by atoms with Crippen LogP contribution in [-0.2, 0) is 16.1 Å². The topological polar surface area (TPSA) is 80.6 Å². The Hall–Kier alpha value is -4.36. The average molecular weight is 514 g/mol. The second-order valence-corrected chi connectivity index (χ2v) is 9.28. The van der Waals surface area contributed by atoms with Crippen LogP contribution in [0.2, 0.25) is 5.02 Å². The number of nitrogens with one attached hydrogen (secondary N) is 1. The zero-order valence-electron chi connectivity index (χ0n) is 20.3. The van der Waals surface area contributed by atoms with E-state index in [1.807, 2.05) is 67.1 Å². The fourth-order valence-electron chi connectivity index (χ4n) is 4.33. The van der Waals surface area contributed by atoms with Gasteiger partial charge in [-0.25, -0.2) is 9.69 Å². The molecule has 0 atom stereocenters. The smallest absolute Gasteiger partial charge is 0.335 e. The Bertz CT molecular complexity index is 1570. The summed E-state index contributed by atoms with van der Waals surface area (Å²) < 4.78 is 8.07. The molecule has 0 aliphatic carbocycles. The van der Waals surface area contributed by atoms with E-state index in [0.717, 1.165) is 32.7 Å². The number of carbonyl (C=O) groups is 3. The molecule has 1 aliphatic rings. The number of fused-ring (bicyclic) bond motifs is 1. The molecule has 1 aromatic heterocycles. The van der Waals surface area contributed by atoms with Crippen LogP contribution >= 0.6 is 11.6 Å². The number of imide groups is 2. The van der Waals surface area contributed by atoms with Crippen molar-refractivity contribution in [2.24, 2.45) is 0 Å². The number of halogens is 1. The van der Waals surface area contributed by atoms with Crippen molar-refractivity contribution >= 4 is 52.1 Å². The number of urea groups is 1. The van der Waals surface area contributed by atoms with Crippen molar-refractivity contribution in [2.75, 3.05) is 11.5 Å². The number of rotatable bonds is 6. The molecule has 4 amide bonds. The minimum absolute atomic E-state index is 0.135. The van der Waals surface area contributed by atoms with Crippen LogP contribution in [0.1, 0.15) is 16.7 Å². The van der Waals surface area contributed by atoms with Crippen LogP contribution in [0.5, 0.6) is 5.75 Å². The van der Waals surface area contributed by atoms with E-state index in [4.69, 9.17) is 16.3 Å². The summed E-state index contributed by atoms with van der Waals surface area (Å²) in [5.74, 6) is -0.600. The van der Waals surface area contributed by atoms with E-state index in [1.165, 1.54) is 6.08 Å². The number of ether oxygens (including phenoxy) is 1. The Morgan fingerprint density at radius 1 is 0.973 bits per heavy atom. The second-order valence-electron chi connectivity index (χ2n) is 8.85. The van der Waals surface area contributed by atoms with Crippen molar-refractivity contribution in [3.8, 4) is 5.75 Å². The molecule has 2 heterocycles. The number of para-hydroxylation sites is 1. The van der Waals surface area contributed by atoms with Gasteiger partial charge in [-0.1, -0.05) is 41.9 Å². The maximum absolute atomic E-state index is 13.3. The lowest BCUT2D eigenvalue weighted by atomic mass is 10.1.